The molecule has 1 aliphatic heterocycles. The fourth-order valence-corrected chi connectivity index (χ4v) is 2.76. The van der Waals surface area contributed by atoms with Gasteiger partial charge < -0.3 is 9.47 Å². The molecular formula is C16H24N2O3. The number of para-hydroxylation sites is 1. The second kappa shape index (κ2) is 7.43. The van der Waals surface area contributed by atoms with Crippen LogP contribution in [0.3, 0.4) is 0 Å². The third kappa shape index (κ3) is 3.95. The smallest absolute Gasteiger partial charge is 0.319 e. The molecule has 2 rings (SSSR count). The van der Waals surface area contributed by atoms with Crippen molar-refractivity contribution in [2.45, 2.75) is 13.0 Å². The molecular weight excluding hydrogens is 268 g/mol. The lowest BCUT2D eigenvalue weighted by molar-refractivity contribution is -0.142. The van der Waals surface area contributed by atoms with E-state index in [0.29, 0.717) is 12.6 Å². The lowest BCUT2D eigenvalue weighted by Crippen LogP contribution is -2.48. The summed E-state index contributed by atoms with van der Waals surface area (Å²) in [4.78, 5) is 15.9. The number of rotatable bonds is 5. The van der Waals surface area contributed by atoms with Gasteiger partial charge in [0.2, 0.25) is 0 Å². The van der Waals surface area contributed by atoms with Crippen LogP contribution in [0.25, 0.3) is 0 Å². The predicted octanol–water partition coefficient (Wildman–Crippen LogP) is 1.55. The van der Waals surface area contributed by atoms with Gasteiger partial charge in [-0.3, -0.25) is 14.6 Å². The number of piperazine rings is 1. The molecule has 1 saturated heterocycles. The van der Waals surface area contributed by atoms with Crippen molar-refractivity contribution in [2.24, 2.45) is 0 Å². The molecule has 0 saturated carbocycles. The zero-order chi connectivity index (χ0) is 15.2. The Hall–Kier alpha value is -1.59. The highest BCUT2D eigenvalue weighted by atomic mass is 16.5. The highest BCUT2D eigenvalue weighted by molar-refractivity contribution is 5.71. The lowest BCUT2D eigenvalue weighted by atomic mass is 10.0. The Morgan fingerprint density at radius 2 is 1.86 bits per heavy atom. The molecule has 1 aliphatic rings. The van der Waals surface area contributed by atoms with Gasteiger partial charge in [-0.15, -0.1) is 0 Å². The van der Waals surface area contributed by atoms with Crippen LogP contribution >= 0.6 is 0 Å². The van der Waals surface area contributed by atoms with E-state index in [1.165, 1.54) is 12.7 Å². The van der Waals surface area contributed by atoms with Crippen molar-refractivity contribution in [1.29, 1.82) is 0 Å². The monoisotopic (exact) mass is 292 g/mol. The van der Waals surface area contributed by atoms with Crippen LogP contribution in [0.1, 0.15) is 18.5 Å². The number of esters is 1. The summed E-state index contributed by atoms with van der Waals surface area (Å²) in [7, 11) is 3.14. The molecule has 116 valence electrons. The van der Waals surface area contributed by atoms with Crippen molar-refractivity contribution in [3.05, 3.63) is 29.8 Å². The Kier molecular flexibility index (Phi) is 5.59. The van der Waals surface area contributed by atoms with Crippen LogP contribution in [0, 0.1) is 0 Å². The van der Waals surface area contributed by atoms with Crippen molar-refractivity contribution >= 4 is 5.97 Å². The number of benzene rings is 1. The second-order valence-electron chi connectivity index (χ2n) is 5.31. The molecule has 1 atom stereocenters. The highest BCUT2D eigenvalue weighted by Crippen LogP contribution is 2.29. The first-order valence-corrected chi connectivity index (χ1v) is 7.32. The fraction of sp³-hybridized carbons (Fsp3) is 0.562. The molecule has 21 heavy (non-hydrogen) atoms. The highest BCUT2D eigenvalue weighted by Gasteiger charge is 2.24. The maximum absolute atomic E-state index is 11.3. The van der Waals surface area contributed by atoms with Crippen LogP contribution in [0.2, 0.25) is 0 Å². The van der Waals surface area contributed by atoms with E-state index in [9.17, 15) is 4.79 Å². The van der Waals surface area contributed by atoms with Crippen LogP contribution in [0.4, 0.5) is 0 Å². The van der Waals surface area contributed by atoms with Gasteiger partial charge in [0.25, 0.3) is 0 Å². The molecule has 5 nitrogen and oxygen atoms in total. The fourth-order valence-electron chi connectivity index (χ4n) is 2.76. The Morgan fingerprint density at radius 1 is 1.19 bits per heavy atom. The zero-order valence-electron chi connectivity index (χ0n) is 13.0. The van der Waals surface area contributed by atoms with Gasteiger partial charge in [-0.1, -0.05) is 18.2 Å². The van der Waals surface area contributed by atoms with E-state index >= 15 is 0 Å². The molecule has 0 unspecified atom stereocenters. The van der Waals surface area contributed by atoms with E-state index in [0.717, 1.165) is 31.9 Å². The summed E-state index contributed by atoms with van der Waals surface area (Å²) in [6, 6.07) is 8.45. The molecule has 0 aromatic heterocycles. The zero-order valence-corrected chi connectivity index (χ0v) is 13.0. The van der Waals surface area contributed by atoms with Crippen molar-refractivity contribution in [2.75, 3.05) is 46.9 Å². The molecule has 0 spiro atoms. The molecule has 0 N–H and O–H groups in total. The second-order valence-corrected chi connectivity index (χ2v) is 5.31. The van der Waals surface area contributed by atoms with Crippen LogP contribution in [0.15, 0.2) is 24.3 Å². The quantitative estimate of drug-likeness (QED) is 0.770. The maximum atomic E-state index is 11.3. The van der Waals surface area contributed by atoms with Gasteiger partial charge in [0.05, 0.1) is 20.8 Å². The first-order chi connectivity index (χ1) is 10.2. The van der Waals surface area contributed by atoms with Gasteiger partial charge in [0.15, 0.2) is 0 Å². The summed E-state index contributed by atoms with van der Waals surface area (Å²) in [5.74, 6) is 0.767. The number of carbonyl (C=O) groups is 1. The topological polar surface area (TPSA) is 42.0 Å². The summed E-state index contributed by atoms with van der Waals surface area (Å²) in [6.45, 7) is 6.23. The first kappa shape index (κ1) is 15.8. The Bertz CT molecular complexity index is 470. The van der Waals surface area contributed by atoms with Crippen LogP contribution in [-0.4, -0.2) is 62.7 Å². The third-order valence-corrected chi connectivity index (χ3v) is 4.12. The molecule has 0 radical (unpaired) electrons. The van der Waals surface area contributed by atoms with Crippen molar-refractivity contribution < 1.29 is 14.3 Å². The normalized spacial score (nSPS) is 18.2. The van der Waals surface area contributed by atoms with Gasteiger partial charge in [-0.05, 0) is 13.0 Å². The summed E-state index contributed by atoms with van der Waals surface area (Å²) in [5.41, 5.74) is 1.21. The number of ether oxygens (including phenoxy) is 2. The Balaban J connectivity index is 1.94. The lowest BCUT2D eigenvalue weighted by Gasteiger charge is -2.38. The molecule has 1 heterocycles. The SMILES string of the molecule is COC(=O)CN1CCN([C@H](C)c2ccccc2OC)CC1. The van der Waals surface area contributed by atoms with E-state index < -0.39 is 0 Å². The average molecular weight is 292 g/mol. The van der Waals surface area contributed by atoms with Gasteiger partial charge in [-0.2, -0.15) is 0 Å². The summed E-state index contributed by atoms with van der Waals surface area (Å²) < 4.78 is 10.2. The Morgan fingerprint density at radius 3 is 2.48 bits per heavy atom. The minimum atomic E-state index is -0.166. The summed E-state index contributed by atoms with van der Waals surface area (Å²) in [6.07, 6.45) is 0. The van der Waals surface area contributed by atoms with E-state index in [1.807, 2.05) is 18.2 Å². The maximum Gasteiger partial charge on any atom is 0.319 e. The molecule has 0 amide bonds. The molecule has 0 aliphatic carbocycles. The van der Waals surface area contributed by atoms with E-state index in [4.69, 9.17) is 9.47 Å². The number of methoxy groups -OCH3 is 2. The largest absolute Gasteiger partial charge is 0.496 e. The molecule has 1 aromatic carbocycles. The Labute approximate surface area is 126 Å². The molecule has 0 bridgehead atoms. The standard InChI is InChI=1S/C16H24N2O3/c1-13(14-6-4-5-7-15(14)20-2)18-10-8-17(9-11-18)12-16(19)21-3/h4-7,13H,8-12H2,1-3H3/t13-/m1/s1. The number of carbonyl (C=O) groups excluding carboxylic acids is 1. The predicted molar refractivity (Wildman–Crippen MR) is 81.4 cm³/mol. The van der Waals surface area contributed by atoms with Crippen molar-refractivity contribution in [3.63, 3.8) is 0 Å². The first-order valence-electron chi connectivity index (χ1n) is 7.32. The third-order valence-electron chi connectivity index (χ3n) is 4.12. The molecule has 1 fully saturated rings. The van der Waals surface area contributed by atoms with E-state index in [2.05, 4.69) is 22.8 Å². The molecule has 5 heteroatoms. The average Bonchev–Trinajstić information content (AvgIpc) is 2.54. The van der Waals surface area contributed by atoms with Gasteiger partial charge in [0.1, 0.15) is 5.75 Å². The van der Waals surface area contributed by atoms with Gasteiger partial charge in [-0.25, -0.2) is 0 Å². The van der Waals surface area contributed by atoms with E-state index in [-0.39, 0.29) is 5.97 Å². The molecule has 1 aromatic rings. The van der Waals surface area contributed by atoms with Crippen LogP contribution < -0.4 is 4.74 Å². The summed E-state index contributed by atoms with van der Waals surface area (Å²) in [5, 5.41) is 0. The number of nitrogens with zero attached hydrogens (tertiary/aromatic N) is 2. The van der Waals surface area contributed by atoms with E-state index in [1.54, 1.807) is 7.11 Å². The van der Waals surface area contributed by atoms with Crippen molar-refractivity contribution in [1.82, 2.24) is 9.80 Å². The number of hydrogen-bond acceptors (Lipinski definition) is 5. The van der Waals surface area contributed by atoms with Crippen LogP contribution in [-0.2, 0) is 9.53 Å². The number of hydrogen-bond donors (Lipinski definition) is 0. The summed E-state index contributed by atoms with van der Waals surface area (Å²) >= 11 is 0. The van der Waals surface area contributed by atoms with Gasteiger partial charge in [0, 0.05) is 37.8 Å². The minimum absolute atomic E-state index is 0.166. The van der Waals surface area contributed by atoms with Crippen LogP contribution in [0.5, 0.6) is 5.75 Å². The van der Waals surface area contributed by atoms with Crippen molar-refractivity contribution in [3.8, 4) is 5.75 Å². The minimum Gasteiger partial charge on any atom is -0.496 e. The van der Waals surface area contributed by atoms with Gasteiger partial charge >= 0.3 is 5.97 Å².